The molecule has 2 nitrogen and oxygen atoms in total. The van der Waals surface area contributed by atoms with Gasteiger partial charge in [0, 0.05) is 10.9 Å². The highest BCUT2D eigenvalue weighted by atomic mass is 32.1. The van der Waals surface area contributed by atoms with Gasteiger partial charge in [0.25, 0.3) is 0 Å². The monoisotopic (exact) mass is 259 g/mol. The molecule has 0 fully saturated rings. The Kier molecular flexibility index (Phi) is 3.92. The zero-order valence-corrected chi connectivity index (χ0v) is 11.8. The number of thiazole rings is 1. The first kappa shape index (κ1) is 13.0. The molecular weight excluding hydrogens is 242 g/mol. The molecule has 18 heavy (non-hydrogen) atoms. The molecule has 0 aliphatic carbocycles. The maximum absolute atomic E-state index is 12.2. The molecule has 0 aliphatic heterocycles. The molecule has 3 heteroatoms. The summed E-state index contributed by atoms with van der Waals surface area (Å²) in [5, 5.41) is 2.75. The molecule has 0 aliphatic rings. The Labute approximate surface area is 112 Å². The van der Waals surface area contributed by atoms with E-state index in [4.69, 9.17) is 0 Å². The second-order valence-electron chi connectivity index (χ2n) is 4.51. The van der Waals surface area contributed by atoms with E-state index in [2.05, 4.69) is 18.8 Å². The van der Waals surface area contributed by atoms with Crippen LogP contribution in [-0.4, -0.2) is 10.8 Å². The van der Waals surface area contributed by atoms with Crippen LogP contribution in [0.2, 0.25) is 0 Å². The molecule has 1 unspecified atom stereocenters. The Morgan fingerprint density at radius 1 is 1.33 bits per heavy atom. The molecule has 0 amide bonds. The van der Waals surface area contributed by atoms with E-state index < -0.39 is 0 Å². The number of rotatable bonds is 4. The van der Waals surface area contributed by atoms with Crippen LogP contribution in [0.1, 0.15) is 52.8 Å². The van der Waals surface area contributed by atoms with Crippen molar-refractivity contribution in [2.24, 2.45) is 0 Å². The molecule has 94 valence electrons. The largest absolute Gasteiger partial charge is 0.287 e. The van der Waals surface area contributed by atoms with Gasteiger partial charge in [0.1, 0.15) is 5.69 Å². The van der Waals surface area contributed by atoms with Gasteiger partial charge in [-0.15, -0.1) is 11.3 Å². The van der Waals surface area contributed by atoms with Crippen molar-refractivity contribution in [3.63, 3.8) is 0 Å². The van der Waals surface area contributed by atoms with E-state index in [9.17, 15) is 4.79 Å². The molecule has 0 saturated carbocycles. The van der Waals surface area contributed by atoms with Crippen molar-refractivity contribution < 1.29 is 4.79 Å². The van der Waals surface area contributed by atoms with Crippen LogP contribution in [0.15, 0.2) is 29.6 Å². The lowest BCUT2D eigenvalue weighted by Crippen LogP contribution is -2.02. The van der Waals surface area contributed by atoms with Crippen LogP contribution in [0.3, 0.4) is 0 Å². The fourth-order valence-electron chi connectivity index (χ4n) is 1.81. The second kappa shape index (κ2) is 5.44. The van der Waals surface area contributed by atoms with Gasteiger partial charge >= 0.3 is 0 Å². The SMILES string of the molecule is CCC(C)c1ccc(C(=O)c2csc(C)n2)cc1. The fourth-order valence-corrected chi connectivity index (χ4v) is 2.41. The third kappa shape index (κ3) is 2.67. The average molecular weight is 259 g/mol. The van der Waals surface area contributed by atoms with E-state index in [0.717, 1.165) is 11.4 Å². The number of ketones is 1. The fraction of sp³-hybridized carbons (Fsp3) is 0.333. The number of benzene rings is 1. The number of hydrogen-bond acceptors (Lipinski definition) is 3. The summed E-state index contributed by atoms with van der Waals surface area (Å²) in [4.78, 5) is 16.4. The van der Waals surface area contributed by atoms with Crippen LogP contribution >= 0.6 is 11.3 Å². The second-order valence-corrected chi connectivity index (χ2v) is 5.57. The van der Waals surface area contributed by atoms with Crippen molar-refractivity contribution in [2.75, 3.05) is 0 Å². The van der Waals surface area contributed by atoms with Crippen molar-refractivity contribution >= 4 is 17.1 Å². The van der Waals surface area contributed by atoms with Gasteiger partial charge in [-0.2, -0.15) is 0 Å². The third-order valence-corrected chi connectivity index (χ3v) is 3.98. The number of aryl methyl sites for hydroxylation is 1. The minimum absolute atomic E-state index is 0.00931. The first-order valence-corrected chi connectivity index (χ1v) is 7.06. The van der Waals surface area contributed by atoms with Crippen LogP contribution in [0.4, 0.5) is 0 Å². The molecule has 0 N–H and O–H groups in total. The summed E-state index contributed by atoms with van der Waals surface area (Å²) in [5.74, 6) is 0.547. The smallest absolute Gasteiger partial charge is 0.212 e. The standard InChI is InChI=1S/C15H17NOS/c1-4-10(2)12-5-7-13(8-6-12)15(17)14-9-18-11(3)16-14/h5-10H,4H2,1-3H3. The molecule has 1 aromatic heterocycles. The lowest BCUT2D eigenvalue weighted by Gasteiger charge is -2.08. The summed E-state index contributed by atoms with van der Waals surface area (Å²) >= 11 is 1.51. The molecule has 0 spiro atoms. The number of nitrogens with zero attached hydrogens (tertiary/aromatic N) is 1. The predicted molar refractivity (Wildman–Crippen MR) is 75.4 cm³/mol. The first-order valence-electron chi connectivity index (χ1n) is 6.18. The van der Waals surface area contributed by atoms with Gasteiger partial charge in [-0.1, -0.05) is 38.1 Å². The molecule has 1 aromatic carbocycles. The zero-order valence-electron chi connectivity index (χ0n) is 10.9. The maximum atomic E-state index is 12.2. The Hall–Kier alpha value is -1.48. The Bertz CT molecular complexity index is 542. The lowest BCUT2D eigenvalue weighted by atomic mass is 9.96. The molecule has 2 aromatic rings. The Balaban J connectivity index is 2.22. The topological polar surface area (TPSA) is 30.0 Å². The van der Waals surface area contributed by atoms with Crippen molar-refractivity contribution in [3.8, 4) is 0 Å². The van der Waals surface area contributed by atoms with Gasteiger partial charge in [-0.05, 0) is 24.8 Å². The molecule has 1 heterocycles. The summed E-state index contributed by atoms with van der Waals surface area (Å²) in [6.45, 7) is 6.27. The third-order valence-electron chi connectivity index (χ3n) is 3.21. The van der Waals surface area contributed by atoms with Gasteiger partial charge in [0.05, 0.1) is 5.01 Å². The molecule has 0 bridgehead atoms. The number of aromatic nitrogens is 1. The lowest BCUT2D eigenvalue weighted by molar-refractivity contribution is 0.103. The summed E-state index contributed by atoms with van der Waals surface area (Å²) < 4.78 is 0. The van der Waals surface area contributed by atoms with E-state index in [0.29, 0.717) is 17.2 Å². The summed E-state index contributed by atoms with van der Waals surface area (Å²) in [5.41, 5.74) is 2.55. The first-order chi connectivity index (χ1) is 8.61. The van der Waals surface area contributed by atoms with E-state index in [-0.39, 0.29) is 5.78 Å². The van der Waals surface area contributed by atoms with Gasteiger partial charge in [-0.25, -0.2) is 4.98 Å². The van der Waals surface area contributed by atoms with Crippen LogP contribution < -0.4 is 0 Å². The van der Waals surface area contributed by atoms with E-state index in [1.54, 1.807) is 0 Å². The summed E-state index contributed by atoms with van der Waals surface area (Å²) in [7, 11) is 0. The molecule has 0 saturated heterocycles. The molecule has 1 atom stereocenters. The summed E-state index contributed by atoms with van der Waals surface area (Å²) in [6, 6.07) is 7.89. The average Bonchev–Trinajstić information content (AvgIpc) is 2.84. The molecule has 2 rings (SSSR count). The van der Waals surface area contributed by atoms with Crippen molar-refractivity contribution in [3.05, 3.63) is 51.5 Å². The zero-order chi connectivity index (χ0) is 13.1. The van der Waals surface area contributed by atoms with Crippen molar-refractivity contribution in [1.82, 2.24) is 4.98 Å². The van der Waals surface area contributed by atoms with Crippen LogP contribution in [-0.2, 0) is 0 Å². The Morgan fingerprint density at radius 3 is 2.50 bits per heavy atom. The van der Waals surface area contributed by atoms with Gasteiger partial charge < -0.3 is 0 Å². The van der Waals surface area contributed by atoms with Crippen molar-refractivity contribution in [1.29, 1.82) is 0 Å². The molecule has 0 radical (unpaired) electrons. The highest BCUT2D eigenvalue weighted by molar-refractivity contribution is 7.09. The van der Waals surface area contributed by atoms with Crippen molar-refractivity contribution in [2.45, 2.75) is 33.1 Å². The van der Waals surface area contributed by atoms with E-state index in [1.165, 1.54) is 16.9 Å². The quantitative estimate of drug-likeness (QED) is 0.770. The summed E-state index contributed by atoms with van der Waals surface area (Å²) in [6.07, 6.45) is 1.11. The van der Waals surface area contributed by atoms with Crippen LogP contribution in [0, 0.1) is 6.92 Å². The minimum atomic E-state index is 0.00931. The van der Waals surface area contributed by atoms with Gasteiger partial charge in [0.15, 0.2) is 0 Å². The van der Waals surface area contributed by atoms with Crippen LogP contribution in [0.25, 0.3) is 0 Å². The highest BCUT2D eigenvalue weighted by Crippen LogP contribution is 2.20. The highest BCUT2D eigenvalue weighted by Gasteiger charge is 2.12. The maximum Gasteiger partial charge on any atom is 0.212 e. The molecular formula is C15H17NOS. The van der Waals surface area contributed by atoms with Crippen LogP contribution in [0.5, 0.6) is 0 Å². The number of hydrogen-bond donors (Lipinski definition) is 0. The Morgan fingerprint density at radius 2 is 2.00 bits per heavy atom. The predicted octanol–water partition coefficient (Wildman–Crippen LogP) is 4.20. The number of carbonyl (C=O) groups excluding carboxylic acids is 1. The minimum Gasteiger partial charge on any atom is -0.287 e. The van der Waals surface area contributed by atoms with E-state index in [1.807, 2.05) is 36.6 Å². The normalized spacial score (nSPS) is 12.4. The van der Waals surface area contributed by atoms with Gasteiger partial charge in [0.2, 0.25) is 5.78 Å². The van der Waals surface area contributed by atoms with E-state index >= 15 is 0 Å². The van der Waals surface area contributed by atoms with Gasteiger partial charge in [-0.3, -0.25) is 4.79 Å². The number of carbonyl (C=O) groups is 1.